The van der Waals surface area contributed by atoms with Crippen LogP contribution in [0.2, 0.25) is 0 Å². The van der Waals surface area contributed by atoms with Crippen molar-refractivity contribution in [3.8, 4) is 0 Å². The molecule has 7 heteroatoms. The molecule has 25 heavy (non-hydrogen) atoms. The van der Waals surface area contributed by atoms with Gasteiger partial charge in [0.1, 0.15) is 5.82 Å². The topological polar surface area (TPSA) is 70.7 Å². The lowest BCUT2D eigenvalue weighted by molar-refractivity contribution is -0.121. The van der Waals surface area contributed by atoms with Crippen LogP contribution in [0.1, 0.15) is 25.8 Å². The highest BCUT2D eigenvalue weighted by Crippen LogP contribution is 2.28. The van der Waals surface area contributed by atoms with Crippen molar-refractivity contribution in [2.24, 2.45) is 22.1 Å². The van der Waals surface area contributed by atoms with Gasteiger partial charge in [0.15, 0.2) is 5.96 Å². The van der Waals surface area contributed by atoms with Crippen molar-refractivity contribution < 1.29 is 9.18 Å². The number of carbonyl (C=O) groups excluding carboxylic acids is 1. The summed E-state index contributed by atoms with van der Waals surface area (Å²) in [7, 11) is 1.74. The number of hydrogen-bond acceptors (Lipinski definition) is 2. The smallest absolute Gasteiger partial charge is 0.222 e. The fourth-order valence-electron chi connectivity index (χ4n) is 3.02. The van der Waals surface area contributed by atoms with Gasteiger partial charge in [0.2, 0.25) is 5.91 Å². The zero-order valence-electron chi connectivity index (χ0n) is 15.1. The Labute approximate surface area is 166 Å². The Kier molecular flexibility index (Phi) is 8.11. The van der Waals surface area contributed by atoms with Crippen LogP contribution in [0.3, 0.4) is 0 Å². The van der Waals surface area contributed by atoms with E-state index in [-0.39, 0.29) is 47.0 Å². The molecule has 1 aliphatic heterocycles. The molecule has 140 valence electrons. The van der Waals surface area contributed by atoms with Gasteiger partial charge in [-0.2, -0.15) is 0 Å². The Balaban J connectivity index is 0.00000312. The summed E-state index contributed by atoms with van der Waals surface area (Å²) in [6.45, 7) is 6.77. The second-order valence-electron chi connectivity index (χ2n) is 7.19. The van der Waals surface area contributed by atoms with E-state index in [1.54, 1.807) is 19.2 Å². The largest absolute Gasteiger partial charge is 0.369 e. The predicted molar refractivity (Wildman–Crippen MR) is 110 cm³/mol. The fraction of sp³-hybridized carbons (Fsp3) is 0.556. The highest BCUT2D eigenvalue weighted by atomic mass is 127. The molecule has 5 nitrogen and oxygen atoms in total. The van der Waals surface area contributed by atoms with Gasteiger partial charge in [-0.1, -0.05) is 26.0 Å². The predicted octanol–water partition coefficient (Wildman–Crippen LogP) is 2.40. The van der Waals surface area contributed by atoms with Gasteiger partial charge in [-0.05, 0) is 36.0 Å². The Bertz CT molecular complexity index is 604. The first-order chi connectivity index (χ1) is 11.3. The molecule has 1 aromatic carbocycles. The fourth-order valence-corrected chi connectivity index (χ4v) is 3.02. The summed E-state index contributed by atoms with van der Waals surface area (Å²) in [5.74, 6) is -0.234. The molecule has 1 aliphatic rings. The number of likely N-dealkylation sites (tertiary alicyclic amines) is 1. The van der Waals surface area contributed by atoms with E-state index in [1.807, 2.05) is 0 Å². The van der Waals surface area contributed by atoms with E-state index in [1.165, 1.54) is 12.1 Å². The van der Waals surface area contributed by atoms with Crippen LogP contribution in [0.15, 0.2) is 29.3 Å². The molecule has 1 fully saturated rings. The Morgan fingerprint density at radius 3 is 2.52 bits per heavy atom. The molecular formula is C18H28FIN4O. The van der Waals surface area contributed by atoms with Crippen LogP contribution < -0.4 is 11.1 Å². The summed E-state index contributed by atoms with van der Waals surface area (Å²) < 4.78 is 13.0. The van der Waals surface area contributed by atoms with Gasteiger partial charge in [-0.15, -0.1) is 24.0 Å². The van der Waals surface area contributed by atoms with Gasteiger partial charge in [0.25, 0.3) is 0 Å². The maximum Gasteiger partial charge on any atom is 0.222 e. The zero-order valence-corrected chi connectivity index (χ0v) is 17.4. The monoisotopic (exact) mass is 462 g/mol. The van der Waals surface area contributed by atoms with Gasteiger partial charge in [0.05, 0.1) is 5.92 Å². The van der Waals surface area contributed by atoms with Crippen molar-refractivity contribution >= 4 is 35.8 Å². The van der Waals surface area contributed by atoms with E-state index >= 15 is 0 Å². The van der Waals surface area contributed by atoms with Crippen LogP contribution in [-0.4, -0.2) is 43.4 Å². The first-order valence-electron chi connectivity index (χ1n) is 8.30. The van der Waals surface area contributed by atoms with E-state index in [4.69, 9.17) is 5.73 Å². The second-order valence-corrected chi connectivity index (χ2v) is 7.19. The highest BCUT2D eigenvalue weighted by Gasteiger charge is 2.31. The summed E-state index contributed by atoms with van der Waals surface area (Å²) in [4.78, 5) is 18.3. The minimum absolute atomic E-state index is 0. The number of rotatable bonds is 5. The van der Waals surface area contributed by atoms with Gasteiger partial charge in [-0.25, -0.2) is 4.39 Å². The van der Waals surface area contributed by atoms with Crippen molar-refractivity contribution in [3.63, 3.8) is 0 Å². The molecule has 1 heterocycles. The molecule has 1 amide bonds. The average molecular weight is 462 g/mol. The Morgan fingerprint density at radius 1 is 1.40 bits per heavy atom. The number of primary amides is 1. The van der Waals surface area contributed by atoms with Gasteiger partial charge in [0, 0.05) is 26.7 Å². The summed E-state index contributed by atoms with van der Waals surface area (Å²) in [6.07, 6.45) is 1.59. The first-order valence-corrected chi connectivity index (χ1v) is 8.30. The Hall–Kier alpha value is -1.38. The number of guanidine groups is 1. The quantitative estimate of drug-likeness (QED) is 0.401. The number of amides is 1. The lowest BCUT2D eigenvalue weighted by Gasteiger charge is -2.25. The third-order valence-electron chi connectivity index (χ3n) is 4.49. The molecule has 1 aromatic rings. The van der Waals surface area contributed by atoms with Crippen molar-refractivity contribution in [1.82, 2.24) is 10.2 Å². The van der Waals surface area contributed by atoms with Crippen molar-refractivity contribution in [2.75, 3.05) is 26.7 Å². The number of carbonyl (C=O) groups is 1. The van der Waals surface area contributed by atoms with Crippen molar-refractivity contribution in [3.05, 3.63) is 35.6 Å². The van der Waals surface area contributed by atoms with Gasteiger partial charge in [-0.3, -0.25) is 9.79 Å². The number of halogens is 2. The van der Waals surface area contributed by atoms with Crippen LogP contribution in [-0.2, 0) is 11.2 Å². The van der Waals surface area contributed by atoms with E-state index in [0.717, 1.165) is 31.0 Å². The lowest BCUT2D eigenvalue weighted by Crippen LogP contribution is -2.45. The first kappa shape index (κ1) is 21.7. The summed E-state index contributed by atoms with van der Waals surface area (Å²) in [5.41, 5.74) is 6.69. The number of hydrogen-bond donors (Lipinski definition) is 2. The Morgan fingerprint density at radius 2 is 2.04 bits per heavy atom. The van der Waals surface area contributed by atoms with Crippen molar-refractivity contribution in [1.29, 1.82) is 0 Å². The molecule has 0 aromatic heterocycles. The van der Waals surface area contributed by atoms with Crippen LogP contribution in [0.5, 0.6) is 0 Å². The molecule has 1 unspecified atom stereocenters. The number of benzene rings is 1. The van der Waals surface area contributed by atoms with E-state index in [9.17, 15) is 9.18 Å². The number of nitrogens with two attached hydrogens (primary N) is 1. The van der Waals surface area contributed by atoms with Crippen LogP contribution in [0, 0.1) is 17.2 Å². The molecular weight excluding hydrogens is 434 g/mol. The SMILES string of the molecule is CN=C(NCC(Cc1ccc(F)cc1)C(N)=O)N1CCC(C)(C)C1.I. The molecule has 0 bridgehead atoms. The molecule has 1 atom stereocenters. The zero-order chi connectivity index (χ0) is 17.7. The molecule has 0 spiro atoms. The minimum Gasteiger partial charge on any atom is -0.369 e. The highest BCUT2D eigenvalue weighted by molar-refractivity contribution is 14.0. The maximum absolute atomic E-state index is 13.0. The number of nitrogens with zero attached hydrogens (tertiary/aromatic N) is 2. The standard InChI is InChI=1S/C18H27FN4O.HI/c1-18(2)8-9-23(12-18)17(21-3)22-11-14(16(20)24)10-13-4-6-15(19)7-5-13;/h4-7,14H,8-12H2,1-3H3,(H2,20,24)(H,21,22);1H. The van der Waals surface area contributed by atoms with Crippen LogP contribution in [0.25, 0.3) is 0 Å². The summed E-state index contributed by atoms with van der Waals surface area (Å²) in [5, 5.41) is 3.26. The second kappa shape index (κ2) is 9.35. The maximum atomic E-state index is 13.0. The van der Waals surface area contributed by atoms with E-state index in [2.05, 4.69) is 29.1 Å². The molecule has 0 radical (unpaired) electrons. The number of nitrogens with one attached hydrogen (secondary N) is 1. The van der Waals surface area contributed by atoms with Crippen LogP contribution >= 0.6 is 24.0 Å². The molecule has 0 saturated carbocycles. The lowest BCUT2D eigenvalue weighted by atomic mass is 9.93. The summed E-state index contributed by atoms with van der Waals surface area (Å²) in [6, 6.07) is 6.16. The van der Waals surface area contributed by atoms with E-state index in [0.29, 0.717) is 13.0 Å². The number of aliphatic imine (C=N–C) groups is 1. The molecule has 1 saturated heterocycles. The molecule has 2 rings (SSSR count). The van der Waals surface area contributed by atoms with Gasteiger partial charge >= 0.3 is 0 Å². The molecule has 3 N–H and O–H groups in total. The summed E-state index contributed by atoms with van der Waals surface area (Å²) >= 11 is 0. The average Bonchev–Trinajstić information content (AvgIpc) is 2.88. The van der Waals surface area contributed by atoms with Gasteiger partial charge < -0.3 is 16.0 Å². The van der Waals surface area contributed by atoms with Crippen LogP contribution in [0.4, 0.5) is 4.39 Å². The third kappa shape index (κ3) is 6.45. The normalized spacial score (nSPS) is 17.8. The third-order valence-corrected chi connectivity index (χ3v) is 4.49. The minimum atomic E-state index is -0.372. The molecule has 0 aliphatic carbocycles. The van der Waals surface area contributed by atoms with Crippen molar-refractivity contribution in [2.45, 2.75) is 26.7 Å². The van der Waals surface area contributed by atoms with E-state index < -0.39 is 0 Å².